The molecule has 17 heavy (non-hydrogen) atoms. The first-order chi connectivity index (χ1) is 8.07. The van der Waals surface area contributed by atoms with Gasteiger partial charge in [-0.3, -0.25) is 0 Å². The van der Waals surface area contributed by atoms with E-state index in [2.05, 4.69) is 0 Å². The largest absolute Gasteiger partial charge is 0.497 e. The van der Waals surface area contributed by atoms with Crippen LogP contribution in [0.25, 0.3) is 0 Å². The van der Waals surface area contributed by atoms with Gasteiger partial charge in [0, 0.05) is 6.54 Å². The molecule has 2 N–H and O–H groups in total. The maximum absolute atomic E-state index is 11.3. The third kappa shape index (κ3) is 5.06. The quantitative estimate of drug-likeness (QED) is 0.769. The second-order valence-corrected chi connectivity index (χ2v) is 5.77. The summed E-state index contributed by atoms with van der Waals surface area (Å²) in [6.45, 7) is 0.277. The van der Waals surface area contributed by atoms with Gasteiger partial charge in [-0.25, -0.2) is 8.42 Å². The average Bonchev–Trinajstić information content (AvgIpc) is 2.29. The van der Waals surface area contributed by atoms with Gasteiger partial charge in [0.25, 0.3) is 0 Å². The number of ether oxygens (including phenoxy) is 2. The summed E-state index contributed by atoms with van der Waals surface area (Å²) in [6, 6.07) is 6.97. The van der Waals surface area contributed by atoms with E-state index < -0.39 is 9.84 Å². The predicted molar refractivity (Wildman–Crippen MR) is 66.2 cm³/mol. The second kappa shape index (κ2) is 6.46. The molecule has 0 saturated carbocycles. The van der Waals surface area contributed by atoms with Crippen LogP contribution in [0.1, 0.15) is 0 Å². The molecule has 1 rings (SSSR count). The zero-order chi connectivity index (χ0) is 12.7. The van der Waals surface area contributed by atoms with Crippen LogP contribution in [0.3, 0.4) is 0 Å². The van der Waals surface area contributed by atoms with Crippen molar-refractivity contribution in [1.29, 1.82) is 0 Å². The molecule has 0 aliphatic rings. The van der Waals surface area contributed by atoms with E-state index >= 15 is 0 Å². The van der Waals surface area contributed by atoms with Crippen LogP contribution < -0.4 is 15.2 Å². The van der Waals surface area contributed by atoms with Gasteiger partial charge in [-0.2, -0.15) is 0 Å². The van der Waals surface area contributed by atoms with Crippen molar-refractivity contribution in [2.45, 2.75) is 0 Å². The molecule has 6 heteroatoms. The Balaban J connectivity index is 2.40. The minimum atomic E-state index is -3.09. The first kappa shape index (κ1) is 13.8. The van der Waals surface area contributed by atoms with E-state index in [9.17, 15) is 8.42 Å². The third-order valence-electron chi connectivity index (χ3n) is 2.15. The normalized spacial score (nSPS) is 11.2. The van der Waals surface area contributed by atoms with Crippen molar-refractivity contribution in [3.8, 4) is 11.5 Å². The van der Waals surface area contributed by atoms with Gasteiger partial charge in [-0.05, 0) is 24.3 Å². The van der Waals surface area contributed by atoms with Crippen LogP contribution in [0, 0.1) is 0 Å². The molecule has 0 aliphatic carbocycles. The molecule has 0 bridgehead atoms. The molecular formula is C11H17NO4S. The monoisotopic (exact) mass is 259 g/mol. The zero-order valence-corrected chi connectivity index (χ0v) is 10.6. The Morgan fingerprint density at radius 3 is 2.24 bits per heavy atom. The fourth-order valence-corrected chi connectivity index (χ4v) is 2.14. The summed E-state index contributed by atoms with van der Waals surface area (Å²) in [7, 11) is -1.51. The van der Waals surface area contributed by atoms with Crippen LogP contribution in [-0.2, 0) is 9.84 Å². The first-order valence-electron chi connectivity index (χ1n) is 5.25. The number of nitrogens with two attached hydrogens (primary N) is 1. The fourth-order valence-electron chi connectivity index (χ4n) is 1.24. The lowest BCUT2D eigenvalue weighted by Crippen LogP contribution is -2.21. The lowest BCUT2D eigenvalue weighted by Gasteiger charge is -2.07. The molecule has 0 atom stereocenters. The van der Waals surface area contributed by atoms with Gasteiger partial charge in [0.2, 0.25) is 0 Å². The maximum Gasteiger partial charge on any atom is 0.154 e. The van der Waals surface area contributed by atoms with Gasteiger partial charge in [0.05, 0.1) is 18.6 Å². The number of rotatable bonds is 7. The van der Waals surface area contributed by atoms with Gasteiger partial charge < -0.3 is 15.2 Å². The van der Waals surface area contributed by atoms with Gasteiger partial charge in [0.15, 0.2) is 9.84 Å². The van der Waals surface area contributed by atoms with Crippen molar-refractivity contribution in [2.75, 3.05) is 31.8 Å². The molecule has 0 amide bonds. The van der Waals surface area contributed by atoms with E-state index in [0.29, 0.717) is 5.75 Å². The molecule has 1 aromatic carbocycles. The van der Waals surface area contributed by atoms with E-state index in [1.54, 1.807) is 31.4 Å². The molecular weight excluding hydrogens is 242 g/mol. The second-order valence-electron chi connectivity index (χ2n) is 3.46. The van der Waals surface area contributed by atoms with Crippen LogP contribution in [0.4, 0.5) is 0 Å². The number of hydrogen-bond acceptors (Lipinski definition) is 5. The Morgan fingerprint density at radius 2 is 1.71 bits per heavy atom. The molecule has 0 spiro atoms. The summed E-state index contributed by atoms with van der Waals surface area (Å²) in [4.78, 5) is 0. The highest BCUT2D eigenvalue weighted by Crippen LogP contribution is 2.16. The van der Waals surface area contributed by atoms with E-state index in [-0.39, 0.29) is 24.7 Å². The summed E-state index contributed by atoms with van der Waals surface area (Å²) in [5.74, 6) is 1.33. The highest BCUT2D eigenvalue weighted by atomic mass is 32.2. The Hall–Kier alpha value is -1.27. The fraction of sp³-hybridized carbons (Fsp3) is 0.455. The van der Waals surface area contributed by atoms with Crippen LogP contribution in [0.5, 0.6) is 11.5 Å². The summed E-state index contributed by atoms with van der Waals surface area (Å²) in [6.07, 6.45) is 0. The topological polar surface area (TPSA) is 78.6 Å². The number of hydrogen-bond donors (Lipinski definition) is 1. The molecule has 0 aliphatic heterocycles. The summed E-state index contributed by atoms with van der Waals surface area (Å²) >= 11 is 0. The Labute approximate surface area is 101 Å². The molecule has 0 saturated heterocycles. The van der Waals surface area contributed by atoms with E-state index in [0.717, 1.165) is 5.75 Å². The van der Waals surface area contributed by atoms with E-state index in [4.69, 9.17) is 15.2 Å². The molecule has 0 aromatic heterocycles. The SMILES string of the molecule is COc1ccc(OCCS(=O)(=O)CCN)cc1. The molecule has 1 aromatic rings. The van der Waals surface area contributed by atoms with Crippen LogP contribution >= 0.6 is 0 Å². The molecule has 0 fully saturated rings. The Kier molecular flexibility index (Phi) is 5.24. The maximum atomic E-state index is 11.3. The zero-order valence-electron chi connectivity index (χ0n) is 9.76. The Bertz CT molecular complexity index is 427. The predicted octanol–water partition coefficient (Wildman–Crippen LogP) is 0.447. The van der Waals surface area contributed by atoms with Crippen molar-refractivity contribution < 1.29 is 17.9 Å². The first-order valence-corrected chi connectivity index (χ1v) is 7.07. The molecule has 0 heterocycles. The number of sulfone groups is 1. The summed E-state index contributed by atoms with van der Waals surface area (Å²) in [5.41, 5.74) is 5.20. The van der Waals surface area contributed by atoms with E-state index in [1.807, 2.05) is 0 Å². The van der Waals surface area contributed by atoms with Crippen LogP contribution in [0.15, 0.2) is 24.3 Å². The Morgan fingerprint density at radius 1 is 1.12 bits per heavy atom. The minimum Gasteiger partial charge on any atom is -0.497 e. The van der Waals surface area contributed by atoms with Gasteiger partial charge in [0.1, 0.15) is 18.1 Å². The average molecular weight is 259 g/mol. The summed E-state index contributed by atoms with van der Waals surface area (Å²) < 4.78 is 33.0. The van der Waals surface area contributed by atoms with Crippen molar-refractivity contribution >= 4 is 9.84 Å². The van der Waals surface area contributed by atoms with Crippen LogP contribution in [0.2, 0.25) is 0 Å². The number of methoxy groups -OCH3 is 1. The third-order valence-corrected chi connectivity index (χ3v) is 3.80. The molecule has 96 valence electrons. The number of benzene rings is 1. The highest BCUT2D eigenvalue weighted by molar-refractivity contribution is 7.91. The van der Waals surface area contributed by atoms with Crippen molar-refractivity contribution in [2.24, 2.45) is 5.73 Å². The van der Waals surface area contributed by atoms with Crippen molar-refractivity contribution in [1.82, 2.24) is 0 Å². The van der Waals surface area contributed by atoms with Crippen LogP contribution in [-0.4, -0.2) is 40.2 Å². The lowest BCUT2D eigenvalue weighted by molar-refractivity contribution is 0.339. The molecule has 5 nitrogen and oxygen atoms in total. The smallest absolute Gasteiger partial charge is 0.154 e. The van der Waals surface area contributed by atoms with Gasteiger partial charge >= 0.3 is 0 Å². The summed E-state index contributed by atoms with van der Waals surface area (Å²) in [5, 5.41) is 0. The van der Waals surface area contributed by atoms with Crippen molar-refractivity contribution in [3.05, 3.63) is 24.3 Å². The van der Waals surface area contributed by atoms with Gasteiger partial charge in [-0.15, -0.1) is 0 Å². The molecule has 0 radical (unpaired) electrons. The lowest BCUT2D eigenvalue weighted by atomic mass is 10.3. The van der Waals surface area contributed by atoms with E-state index in [1.165, 1.54) is 0 Å². The standard InChI is InChI=1S/C11H17NO4S/c1-15-10-2-4-11(5-3-10)16-7-9-17(13,14)8-6-12/h2-5H,6-9,12H2,1H3. The minimum absolute atomic E-state index is 0.00102. The molecule has 0 unspecified atom stereocenters. The van der Waals surface area contributed by atoms with Gasteiger partial charge in [-0.1, -0.05) is 0 Å². The highest BCUT2D eigenvalue weighted by Gasteiger charge is 2.09. The van der Waals surface area contributed by atoms with Crippen molar-refractivity contribution in [3.63, 3.8) is 0 Å².